The largest absolute Gasteiger partial charge is 0.481 e. The Balaban J connectivity index is 1.66. The zero-order valence-electron chi connectivity index (χ0n) is 31.5. The summed E-state index contributed by atoms with van der Waals surface area (Å²) in [6, 6.07) is 30.0. The average molecular weight is 695 g/mol. The summed E-state index contributed by atoms with van der Waals surface area (Å²) in [6.07, 6.45) is 5.10. The molecule has 6 heteroatoms. The molecule has 4 rings (SSSR count). The molecule has 274 valence electrons. The number of benzene rings is 3. The van der Waals surface area contributed by atoms with Crippen LogP contribution in [0.2, 0.25) is 0 Å². The maximum absolute atomic E-state index is 13.8. The fourth-order valence-corrected chi connectivity index (χ4v) is 8.56. The number of carbonyl (C=O) groups is 4. The van der Waals surface area contributed by atoms with Crippen molar-refractivity contribution < 1.29 is 29.0 Å². The molecule has 1 aliphatic rings. The maximum atomic E-state index is 13.8. The number of rotatable bonds is 19. The number of cyclic esters (lactones) is 2. The van der Waals surface area contributed by atoms with E-state index in [1.807, 2.05) is 80.6 Å². The lowest BCUT2D eigenvalue weighted by molar-refractivity contribution is -0.186. The predicted octanol–water partition coefficient (Wildman–Crippen LogP) is 10.7. The van der Waals surface area contributed by atoms with Crippen LogP contribution in [0.3, 0.4) is 0 Å². The van der Waals surface area contributed by atoms with Crippen molar-refractivity contribution in [3.05, 3.63) is 108 Å². The molecule has 0 amide bonds. The van der Waals surface area contributed by atoms with Gasteiger partial charge in [-0.2, -0.15) is 0 Å². The topological polar surface area (TPSA) is 97.7 Å². The van der Waals surface area contributed by atoms with Gasteiger partial charge in [-0.15, -0.1) is 0 Å². The van der Waals surface area contributed by atoms with Crippen LogP contribution in [0.25, 0.3) is 0 Å². The van der Waals surface area contributed by atoms with E-state index < -0.39 is 40.1 Å². The molecule has 1 saturated heterocycles. The van der Waals surface area contributed by atoms with Gasteiger partial charge in [-0.25, -0.2) is 0 Å². The molecule has 0 aliphatic carbocycles. The quantitative estimate of drug-likeness (QED) is 0.0991. The zero-order valence-corrected chi connectivity index (χ0v) is 31.5. The second kappa shape index (κ2) is 17.4. The van der Waals surface area contributed by atoms with Crippen LogP contribution in [0.1, 0.15) is 140 Å². The second-order valence-electron chi connectivity index (χ2n) is 16.1. The standard InChI is InChI=1S/C45H58O6/c1-7-9-25-39(46)37(26-32(3)34-19-13-10-14-20-34)28-43(4,40(47)48)29-38(36-23-17-12-18-24-36)30-45(6)31-44(5,41(49)51-42(45)50)27-33(8-2)35-21-15-11-16-22-35/h10-24,32-33,37-38H,7-9,25-31H2,1-6H3,(H,47,48). The van der Waals surface area contributed by atoms with Crippen LogP contribution < -0.4 is 0 Å². The molecule has 1 N–H and O–H groups in total. The minimum atomic E-state index is -1.25. The number of ketones is 1. The lowest BCUT2D eigenvalue weighted by atomic mass is 9.61. The molecular weight excluding hydrogens is 636 g/mol. The van der Waals surface area contributed by atoms with E-state index in [0.717, 1.165) is 36.0 Å². The van der Waals surface area contributed by atoms with Gasteiger partial charge in [0.05, 0.1) is 16.2 Å². The molecule has 1 aliphatic heterocycles. The molecule has 51 heavy (non-hydrogen) atoms. The first kappa shape index (κ1) is 39.7. The minimum absolute atomic E-state index is 0.0821. The number of carboxylic acids is 1. The number of carboxylic acid groups (broad SMARTS) is 1. The SMILES string of the molecule is CCCCC(=O)C(CC(C)c1ccccc1)CC(C)(CC(CC1(C)CC(C)(CC(CC)c2ccccc2)C(=O)OC1=O)c1ccccc1)C(=O)O. The van der Waals surface area contributed by atoms with E-state index in [0.29, 0.717) is 32.1 Å². The van der Waals surface area contributed by atoms with Crippen molar-refractivity contribution in [1.29, 1.82) is 0 Å². The number of hydrogen-bond acceptors (Lipinski definition) is 5. The molecule has 0 radical (unpaired) electrons. The van der Waals surface area contributed by atoms with Gasteiger partial charge in [0.1, 0.15) is 5.78 Å². The van der Waals surface area contributed by atoms with Crippen LogP contribution >= 0.6 is 0 Å². The maximum Gasteiger partial charge on any atom is 0.319 e. The Morgan fingerprint density at radius 1 is 0.765 bits per heavy atom. The zero-order chi connectivity index (χ0) is 37.2. The number of ether oxygens (including phenoxy) is 1. The number of Topliss-reactive ketones (excluding diaryl/α,β-unsaturated/α-hetero) is 1. The number of unbranched alkanes of at least 4 members (excludes halogenated alkanes) is 1. The van der Waals surface area contributed by atoms with E-state index >= 15 is 0 Å². The Bertz CT molecular complexity index is 1600. The second-order valence-corrected chi connectivity index (χ2v) is 16.1. The molecule has 0 bridgehead atoms. The molecule has 0 spiro atoms. The first-order valence-electron chi connectivity index (χ1n) is 18.9. The minimum Gasteiger partial charge on any atom is -0.481 e. The van der Waals surface area contributed by atoms with Crippen LogP contribution in [0, 0.1) is 22.2 Å². The van der Waals surface area contributed by atoms with Crippen LogP contribution in [-0.4, -0.2) is 28.8 Å². The molecule has 1 fully saturated rings. The summed E-state index contributed by atoms with van der Waals surface area (Å²) in [7, 11) is 0. The van der Waals surface area contributed by atoms with E-state index in [9.17, 15) is 24.3 Å². The van der Waals surface area contributed by atoms with E-state index in [1.54, 1.807) is 6.92 Å². The smallest absolute Gasteiger partial charge is 0.319 e. The van der Waals surface area contributed by atoms with Crippen LogP contribution in [-0.2, 0) is 23.9 Å². The molecule has 7 atom stereocenters. The fourth-order valence-electron chi connectivity index (χ4n) is 8.56. The Labute approximate surface area is 305 Å². The molecule has 7 unspecified atom stereocenters. The Morgan fingerprint density at radius 2 is 1.24 bits per heavy atom. The monoisotopic (exact) mass is 694 g/mol. The summed E-state index contributed by atoms with van der Waals surface area (Å²) >= 11 is 0. The van der Waals surface area contributed by atoms with E-state index in [-0.39, 0.29) is 36.4 Å². The van der Waals surface area contributed by atoms with Gasteiger partial charge in [0.15, 0.2) is 0 Å². The van der Waals surface area contributed by atoms with Crippen molar-refractivity contribution in [1.82, 2.24) is 0 Å². The third-order valence-electron chi connectivity index (χ3n) is 11.5. The average Bonchev–Trinajstić information content (AvgIpc) is 3.12. The Morgan fingerprint density at radius 3 is 1.71 bits per heavy atom. The molecule has 0 aromatic heterocycles. The summed E-state index contributed by atoms with van der Waals surface area (Å²) < 4.78 is 5.59. The summed E-state index contributed by atoms with van der Waals surface area (Å²) in [6.45, 7) is 11.8. The highest BCUT2D eigenvalue weighted by molar-refractivity contribution is 5.94. The lowest BCUT2D eigenvalue weighted by Crippen LogP contribution is -2.49. The van der Waals surface area contributed by atoms with Gasteiger partial charge in [0.25, 0.3) is 0 Å². The third-order valence-corrected chi connectivity index (χ3v) is 11.5. The van der Waals surface area contributed by atoms with Gasteiger partial charge in [-0.1, -0.05) is 118 Å². The van der Waals surface area contributed by atoms with Crippen molar-refractivity contribution in [3.63, 3.8) is 0 Å². The van der Waals surface area contributed by atoms with Gasteiger partial charge in [0.2, 0.25) is 0 Å². The van der Waals surface area contributed by atoms with Gasteiger partial charge in [-0.3, -0.25) is 19.2 Å². The van der Waals surface area contributed by atoms with Crippen molar-refractivity contribution in [2.24, 2.45) is 22.2 Å². The summed E-state index contributed by atoms with van der Waals surface area (Å²) in [5, 5.41) is 10.9. The molecule has 1 heterocycles. The summed E-state index contributed by atoms with van der Waals surface area (Å²) in [4.78, 5) is 54.3. The number of aliphatic carboxylic acids is 1. The van der Waals surface area contributed by atoms with Crippen molar-refractivity contribution in [2.45, 2.75) is 124 Å². The van der Waals surface area contributed by atoms with Crippen molar-refractivity contribution >= 4 is 23.7 Å². The third kappa shape index (κ3) is 10.1. The number of carbonyl (C=O) groups excluding carboxylic acids is 3. The van der Waals surface area contributed by atoms with Gasteiger partial charge >= 0.3 is 17.9 Å². The summed E-state index contributed by atoms with van der Waals surface area (Å²) in [5.74, 6) is -2.45. The van der Waals surface area contributed by atoms with Crippen LogP contribution in [0.15, 0.2) is 91.0 Å². The number of hydrogen-bond donors (Lipinski definition) is 1. The molecular formula is C45H58O6. The highest BCUT2D eigenvalue weighted by Crippen LogP contribution is 2.52. The predicted molar refractivity (Wildman–Crippen MR) is 202 cm³/mol. The van der Waals surface area contributed by atoms with Gasteiger partial charge < -0.3 is 9.84 Å². The first-order valence-corrected chi connectivity index (χ1v) is 18.9. The van der Waals surface area contributed by atoms with E-state index in [2.05, 4.69) is 45.0 Å². The van der Waals surface area contributed by atoms with Crippen LogP contribution in [0.4, 0.5) is 0 Å². The van der Waals surface area contributed by atoms with Crippen LogP contribution in [0.5, 0.6) is 0 Å². The summed E-state index contributed by atoms with van der Waals surface area (Å²) in [5.41, 5.74) is 0.0229. The normalized spacial score (nSPS) is 22.6. The molecule has 6 nitrogen and oxygen atoms in total. The van der Waals surface area contributed by atoms with Gasteiger partial charge in [-0.05, 0) is 107 Å². The van der Waals surface area contributed by atoms with Crippen molar-refractivity contribution in [3.8, 4) is 0 Å². The molecule has 3 aromatic carbocycles. The Hall–Kier alpha value is -4.06. The molecule has 3 aromatic rings. The first-order chi connectivity index (χ1) is 24.2. The fraction of sp³-hybridized carbons (Fsp3) is 0.511. The Kier molecular flexibility index (Phi) is 13.6. The number of esters is 2. The molecule has 0 saturated carbocycles. The highest BCUT2D eigenvalue weighted by atomic mass is 16.6. The van der Waals surface area contributed by atoms with E-state index in [1.165, 1.54) is 0 Å². The van der Waals surface area contributed by atoms with Gasteiger partial charge in [0, 0.05) is 12.3 Å². The van der Waals surface area contributed by atoms with E-state index in [4.69, 9.17) is 4.74 Å². The highest BCUT2D eigenvalue weighted by Gasteiger charge is 2.54. The van der Waals surface area contributed by atoms with Crippen molar-refractivity contribution in [2.75, 3.05) is 0 Å². The lowest BCUT2D eigenvalue weighted by Gasteiger charge is -2.44.